The largest absolute Gasteiger partial charge is 0.394 e. The molecule has 0 aromatic heterocycles. The summed E-state index contributed by atoms with van der Waals surface area (Å²) in [6.07, 6.45) is 1.05. The van der Waals surface area contributed by atoms with Gasteiger partial charge in [-0.2, -0.15) is 0 Å². The highest BCUT2D eigenvalue weighted by atomic mass is 16.5. The highest BCUT2D eigenvalue weighted by Gasteiger charge is 2.23. The molecule has 2 rings (SSSR count). The van der Waals surface area contributed by atoms with Crippen molar-refractivity contribution in [3.63, 3.8) is 0 Å². The van der Waals surface area contributed by atoms with Crippen molar-refractivity contribution in [3.05, 3.63) is 35.4 Å². The summed E-state index contributed by atoms with van der Waals surface area (Å²) in [6, 6.07) is 8.27. The Kier molecular flexibility index (Phi) is 4.93. The molecule has 0 bridgehead atoms. The van der Waals surface area contributed by atoms with E-state index in [0.717, 1.165) is 6.42 Å². The van der Waals surface area contributed by atoms with Gasteiger partial charge in [-0.25, -0.2) is 0 Å². The zero-order chi connectivity index (χ0) is 13.7. The van der Waals surface area contributed by atoms with Crippen LogP contribution in [0.25, 0.3) is 0 Å². The summed E-state index contributed by atoms with van der Waals surface area (Å²) in [7, 11) is 0. The van der Waals surface area contributed by atoms with E-state index in [0.29, 0.717) is 26.1 Å². The number of carbonyl (C=O) groups excluding carboxylic acids is 1. The van der Waals surface area contributed by atoms with Gasteiger partial charge >= 0.3 is 0 Å². The van der Waals surface area contributed by atoms with Gasteiger partial charge in [-0.3, -0.25) is 4.79 Å². The molecule has 1 atom stereocenters. The number of ether oxygens (including phenoxy) is 1. The van der Waals surface area contributed by atoms with Crippen molar-refractivity contribution in [2.75, 3.05) is 26.3 Å². The summed E-state index contributed by atoms with van der Waals surface area (Å²) in [6.45, 7) is 3.67. The van der Waals surface area contributed by atoms with Crippen molar-refractivity contribution in [2.45, 2.75) is 25.9 Å². The number of amides is 1. The summed E-state index contributed by atoms with van der Waals surface area (Å²) in [5, 5.41) is 9.06. The first-order valence-electron chi connectivity index (χ1n) is 6.75. The number of hydrogen-bond acceptors (Lipinski definition) is 3. The molecular weight excluding hydrogens is 242 g/mol. The molecule has 1 unspecified atom stereocenters. The third-order valence-corrected chi connectivity index (χ3v) is 3.44. The molecule has 1 aliphatic rings. The standard InChI is InChI=1S/C15H21NO3/c1-12-2-4-13(5-3-12)6-7-15(18)16-8-9-19-14(10-16)11-17/h2-5,14,17H,6-11H2,1H3. The molecule has 0 saturated carbocycles. The van der Waals surface area contributed by atoms with Gasteiger partial charge in [-0.15, -0.1) is 0 Å². The first-order chi connectivity index (χ1) is 9.19. The van der Waals surface area contributed by atoms with Gasteiger partial charge in [-0.05, 0) is 18.9 Å². The summed E-state index contributed by atoms with van der Waals surface area (Å²) < 4.78 is 5.34. The van der Waals surface area contributed by atoms with E-state index < -0.39 is 0 Å². The first kappa shape index (κ1) is 14.0. The molecule has 1 N–H and O–H groups in total. The number of aliphatic hydroxyl groups is 1. The molecule has 4 nitrogen and oxygen atoms in total. The van der Waals surface area contributed by atoms with Gasteiger partial charge in [0.2, 0.25) is 5.91 Å². The predicted molar refractivity (Wildman–Crippen MR) is 72.9 cm³/mol. The molecule has 1 aromatic rings. The Morgan fingerprint density at radius 2 is 2.16 bits per heavy atom. The molecule has 1 fully saturated rings. The minimum atomic E-state index is -0.225. The molecule has 1 aromatic carbocycles. The average molecular weight is 263 g/mol. The second kappa shape index (κ2) is 6.68. The lowest BCUT2D eigenvalue weighted by atomic mass is 10.1. The Bertz CT molecular complexity index is 416. The maximum Gasteiger partial charge on any atom is 0.223 e. The first-order valence-corrected chi connectivity index (χ1v) is 6.75. The van der Waals surface area contributed by atoms with E-state index in [1.807, 2.05) is 0 Å². The van der Waals surface area contributed by atoms with Crippen molar-refractivity contribution in [2.24, 2.45) is 0 Å². The van der Waals surface area contributed by atoms with E-state index in [9.17, 15) is 4.79 Å². The van der Waals surface area contributed by atoms with Crippen molar-refractivity contribution < 1.29 is 14.6 Å². The van der Waals surface area contributed by atoms with Gasteiger partial charge in [0.1, 0.15) is 0 Å². The van der Waals surface area contributed by atoms with Gasteiger partial charge in [0, 0.05) is 19.5 Å². The minimum absolute atomic E-state index is 0.0260. The lowest BCUT2D eigenvalue weighted by Gasteiger charge is -2.32. The number of aryl methyl sites for hydroxylation is 2. The van der Waals surface area contributed by atoms with Crippen LogP contribution < -0.4 is 0 Å². The third kappa shape index (κ3) is 4.04. The number of rotatable bonds is 4. The molecule has 4 heteroatoms. The Morgan fingerprint density at radius 1 is 1.42 bits per heavy atom. The molecule has 1 heterocycles. The SMILES string of the molecule is Cc1ccc(CCC(=O)N2CCOC(CO)C2)cc1. The van der Waals surface area contributed by atoms with Gasteiger partial charge in [-0.1, -0.05) is 29.8 Å². The molecular formula is C15H21NO3. The summed E-state index contributed by atoms with van der Waals surface area (Å²) in [5.41, 5.74) is 2.42. The summed E-state index contributed by atoms with van der Waals surface area (Å²) in [5.74, 6) is 0.141. The number of nitrogens with zero attached hydrogens (tertiary/aromatic N) is 1. The van der Waals surface area contributed by atoms with E-state index >= 15 is 0 Å². The Hall–Kier alpha value is -1.39. The van der Waals surface area contributed by atoms with Crippen LogP contribution in [0.15, 0.2) is 24.3 Å². The quantitative estimate of drug-likeness (QED) is 0.886. The molecule has 1 aliphatic heterocycles. The fraction of sp³-hybridized carbons (Fsp3) is 0.533. The number of carbonyl (C=O) groups is 1. The van der Waals surface area contributed by atoms with Gasteiger partial charge in [0.05, 0.1) is 19.3 Å². The van der Waals surface area contributed by atoms with Crippen LogP contribution in [-0.2, 0) is 16.0 Å². The van der Waals surface area contributed by atoms with Crippen molar-refractivity contribution in [1.29, 1.82) is 0 Å². The summed E-state index contributed by atoms with van der Waals surface area (Å²) >= 11 is 0. The fourth-order valence-corrected chi connectivity index (χ4v) is 2.22. The highest BCUT2D eigenvalue weighted by molar-refractivity contribution is 5.76. The number of hydrogen-bond donors (Lipinski definition) is 1. The Labute approximate surface area is 114 Å². The molecule has 19 heavy (non-hydrogen) atoms. The zero-order valence-corrected chi connectivity index (χ0v) is 11.3. The number of benzene rings is 1. The molecule has 0 radical (unpaired) electrons. The Morgan fingerprint density at radius 3 is 2.84 bits per heavy atom. The number of morpholine rings is 1. The predicted octanol–water partition coefficient (Wildman–Crippen LogP) is 1.15. The maximum absolute atomic E-state index is 12.1. The molecule has 0 aliphatic carbocycles. The van der Waals surface area contributed by atoms with E-state index in [2.05, 4.69) is 31.2 Å². The zero-order valence-electron chi connectivity index (χ0n) is 11.3. The van der Waals surface area contributed by atoms with Crippen LogP contribution in [0.5, 0.6) is 0 Å². The smallest absolute Gasteiger partial charge is 0.223 e. The van der Waals surface area contributed by atoms with E-state index in [4.69, 9.17) is 9.84 Å². The molecule has 0 spiro atoms. The second-order valence-corrected chi connectivity index (χ2v) is 5.00. The van der Waals surface area contributed by atoms with Crippen molar-refractivity contribution >= 4 is 5.91 Å². The van der Waals surface area contributed by atoms with Crippen LogP contribution in [0.1, 0.15) is 17.5 Å². The van der Waals surface area contributed by atoms with E-state index in [-0.39, 0.29) is 18.6 Å². The van der Waals surface area contributed by atoms with Gasteiger partial charge in [0.25, 0.3) is 0 Å². The molecule has 104 valence electrons. The normalized spacial score (nSPS) is 19.5. The van der Waals surface area contributed by atoms with Crippen LogP contribution in [0, 0.1) is 6.92 Å². The Balaban J connectivity index is 1.82. The lowest BCUT2D eigenvalue weighted by molar-refractivity contribution is -0.140. The monoisotopic (exact) mass is 263 g/mol. The average Bonchev–Trinajstić information content (AvgIpc) is 2.46. The van der Waals surface area contributed by atoms with Gasteiger partial charge in [0.15, 0.2) is 0 Å². The number of aliphatic hydroxyl groups excluding tert-OH is 1. The fourth-order valence-electron chi connectivity index (χ4n) is 2.22. The summed E-state index contributed by atoms with van der Waals surface area (Å²) in [4.78, 5) is 13.9. The maximum atomic E-state index is 12.1. The molecule has 1 amide bonds. The van der Waals surface area contributed by atoms with Crippen LogP contribution in [0.4, 0.5) is 0 Å². The van der Waals surface area contributed by atoms with Crippen LogP contribution in [0.2, 0.25) is 0 Å². The third-order valence-electron chi connectivity index (χ3n) is 3.44. The van der Waals surface area contributed by atoms with E-state index in [1.165, 1.54) is 11.1 Å². The van der Waals surface area contributed by atoms with Crippen LogP contribution in [-0.4, -0.2) is 48.3 Å². The lowest BCUT2D eigenvalue weighted by Crippen LogP contribution is -2.46. The van der Waals surface area contributed by atoms with Crippen LogP contribution >= 0.6 is 0 Å². The minimum Gasteiger partial charge on any atom is -0.394 e. The van der Waals surface area contributed by atoms with Crippen LogP contribution in [0.3, 0.4) is 0 Å². The van der Waals surface area contributed by atoms with Gasteiger partial charge < -0.3 is 14.7 Å². The van der Waals surface area contributed by atoms with Crippen molar-refractivity contribution in [1.82, 2.24) is 4.90 Å². The topological polar surface area (TPSA) is 49.8 Å². The second-order valence-electron chi connectivity index (χ2n) is 5.00. The molecule has 1 saturated heterocycles. The van der Waals surface area contributed by atoms with E-state index in [1.54, 1.807) is 4.90 Å². The van der Waals surface area contributed by atoms with Crippen molar-refractivity contribution in [3.8, 4) is 0 Å². The highest BCUT2D eigenvalue weighted by Crippen LogP contribution is 2.10.